The number of aromatic nitrogens is 1. The Morgan fingerprint density at radius 1 is 1.24 bits per heavy atom. The molecule has 0 saturated heterocycles. The van der Waals surface area contributed by atoms with E-state index in [-0.39, 0.29) is 12.0 Å². The molecule has 1 aliphatic carbocycles. The molecule has 1 saturated carbocycles. The number of aliphatic carboxylic acids is 1. The zero-order chi connectivity index (χ0) is 20.7. The summed E-state index contributed by atoms with van der Waals surface area (Å²) in [5, 5.41) is 10.7. The van der Waals surface area contributed by atoms with E-state index >= 15 is 0 Å². The lowest BCUT2D eigenvalue weighted by molar-refractivity contribution is -0.137. The monoisotopic (exact) mass is 410 g/mol. The molecule has 1 aromatic heterocycles. The van der Waals surface area contributed by atoms with E-state index in [1.165, 1.54) is 19.3 Å². The fourth-order valence-electron chi connectivity index (χ4n) is 4.29. The van der Waals surface area contributed by atoms with Gasteiger partial charge < -0.3 is 14.6 Å². The first-order valence-corrected chi connectivity index (χ1v) is 11.2. The molecule has 152 valence electrons. The molecule has 0 atom stereocenters. The highest BCUT2D eigenvalue weighted by Crippen LogP contribution is 2.33. The van der Waals surface area contributed by atoms with Gasteiger partial charge in [-0.1, -0.05) is 12.5 Å². The average molecular weight is 411 g/mol. The van der Waals surface area contributed by atoms with Crippen molar-refractivity contribution in [3.63, 3.8) is 0 Å². The maximum Gasteiger partial charge on any atom is 0.323 e. The second-order valence-corrected chi connectivity index (χ2v) is 8.82. The molecule has 2 aromatic carbocycles. The molecule has 1 heterocycles. The predicted molar refractivity (Wildman–Crippen MR) is 120 cm³/mol. The average Bonchev–Trinajstić information content (AvgIpc) is 2.66. The number of rotatable bonds is 6. The quantitative estimate of drug-likeness (QED) is 0.479. The van der Waals surface area contributed by atoms with Gasteiger partial charge in [-0.25, -0.2) is 0 Å². The number of carboxylic acids is 1. The number of anilines is 1. The van der Waals surface area contributed by atoms with E-state index < -0.39 is 5.97 Å². The van der Waals surface area contributed by atoms with Crippen molar-refractivity contribution in [1.29, 1.82) is 0 Å². The van der Waals surface area contributed by atoms with Crippen LogP contribution in [-0.4, -0.2) is 35.5 Å². The molecule has 0 aliphatic heterocycles. The highest BCUT2D eigenvalue weighted by molar-refractivity contribution is 7.98. The summed E-state index contributed by atoms with van der Waals surface area (Å²) in [4.78, 5) is 28.1. The summed E-state index contributed by atoms with van der Waals surface area (Å²) in [6.45, 7) is 2.80. The second kappa shape index (κ2) is 7.75. The third-order valence-corrected chi connectivity index (χ3v) is 6.98. The lowest BCUT2D eigenvalue weighted by Crippen LogP contribution is -2.29. The van der Waals surface area contributed by atoms with E-state index in [9.17, 15) is 14.7 Å². The fourth-order valence-corrected chi connectivity index (χ4v) is 5.09. The third kappa shape index (κ3) is 3.50. The van der Waals surface area contributed by atoms with Crippen molar-refractivity contribution < 1.29 is 9.90 Å². The van der Waals surface area contributed by atoms with Crippen LogP contribution in [0.1, 0.15) is 24.8 Å². The van der Waals surface area contributed by atoms with Gasteiger partial charge in [-0.15, -0.1) is 11.8 Å². The summed E-state index contributed by atoms with van der Waals surface area (Å²) in [5.41, 5.74) is 3.42. The maximum atomic E-state index is 13.2. The molecule has 1 aliphatic rings. The van der Waals surface area contributed by atoms with Crippen molar-refractivity contribution in [2.75, 3.05) is 24.7 Å². The Morgan fingerprint density at radius 2 is 1.97 bits per heavy atom. The zero-order valence-electron chi connectivity index (χ0n) is 17.1. The van der Waals surface area contributed by atoms with Crippen LogP contribution >= 0.6 is 11.8 Å². The lowest BCUT2D eigenvalue weighted by Gasteiger charge is -2.31. The summed E-state index contributed by atoms with van der Waals surface area (Å²) in [5.74, 6) is -0.197. The highest BCUT2D eigenvalue weighted by atomic mass is 32.2. The second-order valence-electron chi connectivity index (χ2n) is 8.00. The number of hydrogen-bond donors (Lipinski definition) is 1. The Bertz CT molecular complexity index is 1160. The Balaban J connectivity index is 2.00. The summed E-state index contributed by atoms with van der Waals surface area (Å²) >= 11 is 1.55. The van der Waals surface area contributed by atoms with E-state index in [1.54, 1.807) is 16.3 Å². The molecule has 0 amide bonds. The first kappa shape index (κ1) is 19.8. The van der Waals surface area contributed by atoms with Gasteiger partial charge in [0.15, 0.2) is 5.43 Å². The molecule has 29 heavy (non-hydrogen) atoms. The van der Waals surface area contributed by atoms with Crippen LogP contribution in [0.25, 0.3) is 21.8 Å². The van der Waals surface area contributed by atoms with Crippen molar-refractivity contribution in [3.05, 3.63) is 46.1 Å². The van der Waals surface area contributed by atoms with Crippen molar-refractivity contribution in [2.24, 2.45) is 5.92 Å². The molecule has 5 nitrogen and oxygen atoms in total. The van der Waals surface area contributed by atoms with Crippen molar-refractivity contribution >= 4 is 45.2 Å². The van der Waals surface area contributed by atoms with E-state index in [4.69, 9.17) is 0 Å². The Kier molecular flexibility index (Phi) is 5.30. The number of pyridine rings is 1. The number of hydrogen-bond acceptors (Lipinski definition) is 4. The van der Waals surface area contributed by atoms with Crippen molar-refractivity contribution in [3.8, 4) is 0 Å². The lowest BCUT2D eigenvalue weighted by atomic mass is 9.85. The van der Waals surface area contributed by atoms with Crippen LogP contribution in [0.15, 0.2) is 40.0 Å². The number of carboxylic acid groups (broad SMARTS) is 1. The van der Waals surface area contributed by atoms with Gasteiger partial charge in [-0.05, 0) is 61.8 Å². The number of aryl methyl sites for hydroxylation is 1. The molecule has 0 radical (unpaired) electrons. The predicted octanol–water partition coefficient (Wildman–Crippen LogP) is 4.51. The highest BCUT2D eigenvalue weighted by Gasteiger charge is 2.21. The smallest absolute Gasteiger partial charge is 0.323 e. The topological polar surface area (TPSA) is 62.5 Å². The van der Waals surface area contributed by atoms with Crippen LogP contribution < -0.4 is 10.3 Å². The minimum Gasteiger partial charge on any atom is -0.480 e. The number of thioether (sulfide) groups is 1. The molecular weight excluding hydrogens is 384 g/mol. The van der Waals surface area contributed by atoms with E-state index in [1.807, 2.05) is 43.5 Å². The minimum atomic E-state index is -0.918. The van der Waals surface area contributed by atoms with Crippen LogP contribution in [0.2, 0.25) is 0 Å². The molecule has 1 N–H and O–H groups in total. The van der Waals surface area contributed by atoms with Gasteiger partial charge in [0.1, 0.15) is 6.54 Å². The van der Waals surface area contributed by atoms with Gasteiger partial charge in [-0.3, -0.25) is 9.59 Å². The van der Waals surface area contributed by atoms with Gasteiger partial charge in [0.05, 0.1) is 11.0 Å². The largest absolute Gasteiger partial charge is 0.480 e. The van der Waals surface area contributed by atoms with Gasteiger partial charge in [0, 0.05) is 34.9 Å². The van der Waals surface area contributed by atoms with Crippen molar-refractivity contribution in [1.82, 2.24) is 4.57 Å². The first-order valence-electron chi connectivity index (χ1n) is 9.97. The van der Waals surface area contributed by atoms with Crippen LogP contribution in [-0.2, 0) is 11.3 Å². The Labute approximate surface area is 174 Å². The zero-order valence-corrected chi connectivity index (χ0v) is 17.9. The summed E-state index contributed by atoms with van der Waals surface area (Å²) in [7, 11) is 2.07. The molecule has 3 aromatic rings. The standard InChI is InChI=1S/C23H26N2O3S/c1-14-7-9-18-21(23(14)29-3)25(13-20(26)27)19-11-16(8-10-17(19)22(18)28)24(2)12-15-5-4-6-15/h7-11,15H,4-6,12-13H2,1-3H3,(H,26,27). The van der Waals surface area contributed by atoms with Gasteiger partial charge >= 0.3 is 5.97 Å². The van der Waals surface area contributed by atoms with Crippen LogP contribution in [0, 0.1) is 12.8 Å². The van der Waals surface area contributed by atoms with Crippen LogP contribution in [0.4, 0.5) is 5.69 Å². The minimum absolute atomic E-state index is 0.0415. The van der Waals surface area contributed by atoms with Crippen LogP contribution in [0.5, 0.6) is 0 Å². The summed E-state index contributed by atoms with van der Waals surface area (Å²) in [6, 6.07) is 9.56. The van der Waals surface area contributed by atoms with Gasteiger partial charge in [0.2, 0.25) is 0 Å². The molecular formula is C23H26N2O3S. The van der Waals surface area contributed by atoms with E-state index in [2.05, 4.69) is 11.9 Å². The molecule has 0 spiro atoms. The number of benzene rings is 2. The summed E-state index contributed by atoms with van der Waals surface area (Å²) < 4.78 is 1.80. The van der Waals surface area contributed by atoms with E-state index in [0.717, 1.165) is 34.1 Å². The summed E-state index contributed by atoms with van der Waals surface area (Å²) in [6.07, 6.45) is 5.80. The molecule has 0 unspecified atom stereocenters. The van der Waals surface area contributed by atoms with Gasteiger partial charge in [0.25, 0.3) is 0 Å². The molecule has 0 bridgehead atoms. The first-order chi connectivity index (χ1) is 13.9. The van der Waals surface area contributed by atoms with E-state index in [0.29, 0.717) is 16.3 Å². The normalized spacial score (nSPS) is 14.3. The number of nitrogens with zero attached hydrogens (tertiary/aromatic N) is 2. The molecule has 1 fully saturated rings. The third-order valence-electron chi connectivity index (χ3n) is 6.05. The Morgan fingerprint density at radius 3 is 2.59 bits per heavy atom. The van der Waals surface area contributed by atoms with Gasteiger partial charge in [-0.2, -0.15) is 0 Å². The SMILES string of the molecule is CSc1c(C)ccc2c(=O)c3ccc(N(C)CC4CCC4)cc3n(CC(=O)O)c12. The van der Waals surface area contributed by atoms with Crippen LogP contribution in [0.3, 0.4) is 0 Å². The maximum absolute atomic E-state index is 13.2. The molecule has 6 heteroatoms. The van der Waals surface area contributed by atoms with Crippen molar-refractivity contribution in [2.45, 2.75) is 37.6 Å². The number of carbonyl (C=O) groups is 1. The Hall–Kier alpha value is -2.47. The fraction of sp³-hybridized carbons (Fsp3) is 0.391. The molecule has 4 rings (SSSR count). The number of fused-ring (bicyclic) bond motifs is 2.